The molecule has 0 spiro atoms. The molecule has 2 aliphatic carbocycles. The highest BCUT2D eigenvalue weighted by molar-refractivity contribution is 5.52. The maximum atomic E-state index is 10.1. The highest BCUT2D eigenvalue weighted by Gasteiger charge is 2.42. The number of aromatic hydroxyl groups is 2. The molecule has 2 atom stereocenters. The first-order chi connectivity index (χ1) is 9.25. The average Bonchev–Trinajstić information content (AvgIpc) is 3.26. The Labute approximate surface area is 113 Å². The third-order valence-corrected chi connectivity index (χ3v) is 5.23. The van der Waals surface area contributed by atoms with Gasteiger partial charge < -0.3 is 10.2 Å². The molecule has 19 heavy (non-hydrogen) atoms. The number of hydrogen-bond acceptors (Lipinski definition) is 3. The minimum absolute atomic E-state index is 0.0343. The molecule has 1 aromatic rings. The zero-order chi connectivity index (χ0) is 13.0. The van der Waals surface area contributed by atoms with Gasteiger partial charge in [0.25, 0.3) is 0 Å². The number of benzene rings is 1. The van der Waals surface area contributed by atoms with E-state index in [1.54, 1.807) is 6.07 Å². The number of phenolic OH excluding ortho intramolecular Hbond substituents is 2. The van der Waals surface area contributed by atoms with Crippen LogP contribution < -0.4 is 0 Å². The zero-order valence-corrected chi connectivity index (χ0v) is 11.2. The number of hydrogen-bond donors (Lipinski definition) is 2. The largest absolute Gasteiger partial charge is 0.504 e. The molecule has 0 aromatic heterocycles. The first-order valence-electron chi connectivity index (χ1n) is 7.55. The van der Waals surface area contributed by atoms with Crippen LogP contribution in [0.15, 0.2) is 12.1 Å². The van der Waals surface area contributed by atoms with E-state index in [4.69, 9.17) is 0 Å². The molecule has 102 valence electrons. The number of phenols is 2. The summed E-state index contributed by atoms with van der Waals surface area (Å²) in [6, 6.07) is 5.20. The summed E-state index contributed by atoms with van der Waals surface area (Å²) in [6.07, 6.45) is 7.27. The Morgan fingerprint density at radius 2 is 1.89 bits per heavy atom. The summed E-state index contributed by atoms with van der Waals surface area (Å²) in [5.74, 6) is 0.719. The Morgan fingerprint density at radius 1 is 1.05 bits per heavy atom. The highest BCUT2D eigenvalue weighted by Crippen LogP contribution is 2.47. The molecule has 3 aliphatic rings. The lowest BCUT2D eigenvalue weighted by Gasteiger charge is -2.45. The van der Waals surface area contributed by atoms with Crippen LogP contribution in [-0.2, 0) is 6.42 Å². The van der Waals surface area contributed by atoms with Crippen molar-refractivity contribution in [1.82, 2.24) is 4.90 Å². The van der Waals surface area contributed by atoms with Gasteiger partial charge in [-0.25, -0.2) is 0 Å². The lowest BCUT2D eigenvalue weighted by Crippen LogP contribution is -2.47. The Morgan fingerprint density at radius 3 is 2.68 bits per heavy atom. The van der Waals surface area contributed by atoms with Gasteiger partial charge in [0, 0.05) is 17.6 Å². The van der Waals surface area contributed by atoms with Crippen molar-refractivity contribution in [3.05, 3.63) is 23.3 Å². The van der Waals surface area contributed by atoms with Crippen molar-refractivity contribution in [2.24, 2.45) is 0 Å². The van der Waals surface area contributed by atoms with Gasteiger partial charge in [0.15, 0.2) is 11.5 Å². The Balaban J connectivity index is 1.72. The molecule has 0 amide bonds. The van der Waals surface area contributed by atoms with Crippen molar-refractivity contribution in [2.45, 2.75) is 56.5 Å². The van der Waals surface area contributed by atoms with Crippen molar-refractivity contribution in [3.63, 3.8) is 0 Å². The fourth-order valence-corrected chi connectivity index (χ4v) is 4.21. The molecule has 1 aliphatic heterocycles. The van der Waals surface area contributed by atoms with Gasteiger partial charge in [-0.3, -0.25) is 4.90 Å². The number of piperidine rings is 1. The van der Waals surface area contributed by atoms with Gasteiger partial charge in [-0.15, -0.1) is 0 Å². The third-order valence-electron chi connectivity index (χ3n) is 5.23. The topological polar surface area (TPSA) is 43.7 Å². The van der Waals surface area contributed by atoms with Crippen LogP contribution in [0.25, 0.3) is 0 Å². The van der Waals surface area contributed by atoms with Crippen LogP contribution in [0.2, 0.25) is 0 Å². The molecule has 0 bridgehead atoms. The molecule has 4 rings (SSSR count). The fraction of sp³-hybridized carbons (Fsp3) is 0.625. The van der Waals surface area contributed by atoms with E-state index in [2.05, 4.69) is 4.90 Å². The van der Waals surface area contributed by atoms with Crippen LogP contribution >= 0.6 is 0 Å². The van der Waals surface area contributed by atoms with Gasteiger partial charge in [-0.2, -0.15) is 0 Å². The summed E-state index contributed by atoms with van der Waals surface area (Å²) >= 11 is 0. The first kappa shape index (κ1) is 11.6. The van der Waals surface area contributed by atoms with Crippen molar-refractivity contribution >= 4 is 0 Å². The maximum absolute atomic E-state index is 10.1. The zero-order valence-electron chi connectivity index (χ0n) is 11.2. The summed E-state index contributed by atoms with van der Waals surface area (Å²) < 4.78 is 0. The standard InChI is InChI=1S/C16H21NO2/c18-15-8-6-11-12-2-1-9-17(10-3-4-10)14(12)7-5-13(11)16(15)19/h6,8,10,12,14,18-19H,1-5,7,9H2. The first-order valence-corrected chi connectivity index (χ1v) is 7.55. The fourth-order valence-electron chi connectivity index (χ4n) is 4.21. The summed E-state index contributed by atoms with van der Waals surface area (Å²) in [5, 5.41) is 19.7. The van der Waals surface area contributed by atoms with E-state index in [0.29, 0.717) is 12.0 Å². The second-order valence-corrected chi connectivity index (χ2v) is 6.32. The molecule has 1 saturated carbocycles. The predicted octanol–water partition coefficient (Wildman–Crippen LogP) is 2.75. The Hall–Kier alpha value is -1.22. The second-order valence-electron chi connectivity index (χ2n) is 6.32. The molecule has 2 N–H and O–H groups in total. The summed E-state index contributed by atoms with van der Waals surface area (Å²) in [6.45, 7) is 1.26. The van der Waals surface area contributed by atoms with E-state index in [0.717, 1.165) is 24.4 Å². The monoisotopic (exact) mass is 259 g/mol. The van der Waals surface area contributed by atoms with Gasteiger partial charge in [0.05, 0.1) is 0 Å². The minimum atomic E-state index is 0.0343. The predicted molar refractivity (Wildman–Crippen MR) is 73.6 cm³/mol. The molecule has 3 nitrogen and oxygen atoms in total. The van der Waals surface area contributed by atoms with Crippen molar-refractivity contribution in [1.29, 1.82) is 0 Å². The van der Waals surface area contributed by atoms with Gasteiger partial charge in [-0.1, -0.05) is 6.07 Å². The van der Waals surface area contributed by atoms with E-state index in [1.807, 2.05) is 6.07 Å². The van der Waals surface area contributed by atoms with Gasteiger partial charge in [0.2, 0.25) is 0 Å². The van der Waals surface area contributed by atoms with Crippen LogP contribution in [0, 0.1) is 0 Å². The second kappa shape index (κ2) is 4.14. The normalized spacial score (nSPS) is 30.7. The maximum Gasteiger partial charge on any atom is 0.160 e. The summed E-state index contributed by atoms with van der Waals surface area (Å²) in [4.78, 5) is 2.72. The number of likely N-dealkylation sites (tertiary alicyclic amines) is 1. The molecule has 1 heterocycles. The van der Waals surface area contributed by atoms with E-state index in [-0.39, 0.29) is 11.5 Å². The van der Waals surface area contributed by atoms with E-state index < -0.39 is 0 Å². The van der Waals surface area contributed by atoms with Crippen LogP contribution in [-0.4, -0.2) is 33.7 Å². The number of fused-ring (bicyclic) bond motifs is 3. The summed E-state index contributed by atoms with van der Waals surface area (Å²) in [7, 11) is 0. The van der Waals surface area contributed by atoms with E-state index in [1.165, 1.54) is 37.8 Å². The molecule has 3 heteroatoms. The van der Waals surface area contributed by atoms with Crippen LogP contribution in [0.1, 0.15) is 49.1 Å². The molecule has 1 aromatic carbocycles. The van der Waals surface area contributed by atoms with E-state index >= 15 is 0 Å². The van der Waals surface area contributed by atoms with Crippen molar-refractivity contribution < 1.29 is 10.2 Å². The molecule has 2 unspecified atom stereocenters. The average molecular weight is 259 g/mol. The molecule has 2 fully saturated rings. The molecular formula is C16H21NO2. The molecule has 1 saturated heterocycles. The number of rotatable bonds is 1. The lowest BCUT2D eigenvalue weighted by molar-refractivity contribution is 0.104. The van der Waals surface area contributed by atoms with Crippen molar-refractivity contribution in [2.75, 3.05) is 6.54 Å². The minimum Gasteiger partial charge on any atom is -0.504 e. The quantitative estimate of drug-likeness (QED) is 0.762. The molecule has 0 radical (unpaired) electrons. The van der Waals surface area contributed by atoms with Gasteiger partial charge in [-0.05, 0) is 62.6 Å². The Kier molecular flexibility index (Phi) is 2.52. The van der Waals surface area contributed by atoms with Crippen LogP contribution in [0.3, 0.4) is 0 Å². The Bertz CT molecular complexity index is 510. The number of nitrogens with zero attached hydrogens (tertiary/aromatic N) is 1. The SMILES string of the molecule is Oc1ccc2c(c1O)CCC1C2CCCN1C1CC1. The van der Waals surface area contributed by atoms with Gasteiger partial charge in [0.1, 0.15) is 0 Å². The summed E-state index contributed by atoms with van der Waals surface area (Å²) in [5.41, 5.74) is 2.29. The van der Waals surface area contributed by atoms with Crippen LogP contribution in [0.4, 0.5) is 0 Å². The van der Waals surface area contributed by atoms with Crippen molar-refractivity contribution in [3.8, 4) is 11.5 Å². The smallest absolute Gasteiger partial charge is 0.160 e. The molecular weight excluding hydrogens is 238 g/mol. The lowest BCUT2D eigenvalue weighted by atomic mass is 9.74. The van der Waals surface area contributed by atoms with Gasteiger partial charge >= 0.3 is 0 Å². The van der Waals surface area contributed by atoms with Crippen LogP contribution in [0.5, 0.6) is 11.5 Å². The highest BCUT2D eigenvalue weighted by atomic mass is 16.3. The third kappa shape index (κ3) is 1.75. The van der Waals surface area contributed by atoms with E-state index in [9.17, 15) is 10.2 Å².